The van der Waals surface area contributed by atoms with Crippen molar-refractivity contribution in [1.29, 1.82) is 0 Å². The van der Waals surface area contributed by atoms with Crippen molar-refractivity contribution < 1.29 is 99.1 Å². The molecule has 0 aromatic heterocycles. The Balaban J connectivity index is -0.000000171. The van der Waals surface area contributed by atoms with E-state index >= 15 is 0 Å². The molecule has 0 aromatic carbocycles. The molecule has 0 fully saturated rings. The van der Waals surface area contributed by atoms with E-state index < -0.39 is 59.6 Å². The van der Waals surface area contributed by atoms with Crippen molar-refractivity contribution in [3.63, 3.8) is 0 Å². The molecule has 0 saturated carbocycles. The number of halogens is 6. The second-order valence-corrected chi connectivity index (χ2v) is 14.4. The summed E-state index contributed by atoms with van der Waals surface area (Å²) >= 11 is 15.7. The lowest BCUT2D eigenvalue weighted by atomic mass is 10.1. The zero-order valence-corrected chi connectivity index (χ0v) is 43.0. The number of carbonyl (C=O) groups excluding carboxylic acids is 12. The lowest BCUT2D eigenvalue weighted by Gasteiger charge is -2.03. The average Bonchev–Trinajstić information content (AvgIpc) is 3.23. The van der Waals surface area contributed by atoms with Gasteiger partial charge >= 0.3 is 42.0 Å². The van der Waals surface area contributed by atoms with Crippen LogP contribution in [0.5, 0.6) is 0 Å². The van der Waals surface area contributed by atoms with Crippen LogP contribution in [0, 0.1) is 5.92 Å². The van der Waals surface area contributed by atoms with Crippen LogP contribution in [0.2, 0.25) is 0 Å². The van der Waals surface area contributed by atoms with Crippen LogP contribution < -0.4 is 0 Å². The van der Waals surface area contributed by atoms with E-state index in [2.05, 4.69) is 30.6 Å². The van der Waals surface area contributed by atoms with E-state index in [1.165, 1.54) is 46.5 Å². The van der Waals surface area contributed by atoms with E-state index in [0.717, 1.165) is 12.8 Å². The smallest absolute Gasteiger partial charge is 0.450 e. The molecule has 0 rings (SSSR count). The molecule has 0 N–H and O–H groups in total. The van der Waals surface area contributed by atoms with Gasteiger partial charge in [-0.15, -0.1) is 34.8 Å². The number of hydrogen-bond donors (Lipinski definition) is 0. The third-order valence-corrected chi connectivity index (χ3v) is 7.87. The zero-order chi connectivity index (χ0) is 54.3. The van der Waals surface area contributed by atoms with E-state index in [-0.39, 0.29) is 85.5 Å². The standard InChI is InChI=1S/C12H21ClO3.C8H14O3.2C6H9ClO3.C6H7F3O3.C6H10O3/c1-2-3-4-5-6-7-8-16-12(15)9-11(14)10-13;1-4-11-8(10)5-7(9)6(2)3;1-3-10-6(9)5(7)4(2)8;1-2-10-6(9)3-5(8)4-7;1-2-12-5(11)3-4(10)6(7,8)9;1-3-9-6(8)4-5(2)7/h2-10H2,1H3;6H,4-5H2,1-3H3;5H,3H2,1-2H3;2-4H2,1H3;2-3H2,1H3;3-4H2,1-2H3. The molecule has 0 aromatic rings. The van der Waals surface area contributed by atoms with E-state index in [1.807, 2.05) is 0 Å². The van der Waals surface area contributed by atoms with Gasteiger partial charge in [0.25, 0.3) is 0 Å². The zero-order valence-electron chi connectivity index (χ0n) is 40.7. The van der Waals surface area contributed by atoms with Crippen LogP contribution in [0.4, 0.5) is 13.2 Å². The Labute approximate surface area is 411 Å². The molecule has 0 aliphatic rings. The Kier molecular flexibility index (Phi) is 55.6. The van der Waals surface area contributed by atoms with E-state index in [1.54, 1.807) is 41.5 Å². The summed E-state index contributed by atoms with van der Waals surface area (Å²) in [6.45, 7) is 18.1. The van der Waals surface area contributed by atoms with E-state index in [9.17, 15) is 70.7 Å². The van der Waals surface area contributed by atoms with Crippen molar-refractivity contribution in [2.75, 3.05) is 51.4 Å². The molecule has 0 heterocycles. The van der Waals surface area contributed by atoms with Crippen molar-refractivity contribution in [2.24, 2.45) is 5.92 Å². The van der Waals surface area contributed by atoms with Crippen molar-refractivity contribution >= 4 is 105 Å². The van der Waals surface area contributed by atoms with Gasteiger partial charge in [-0.3, -0.25) is 52.7 Å². The first kappa shape index (κ1) is 75.0. The predicted octanol–water partition coefficient (Wildman–Crippen LogP) is 7.35. The summed E-state index contributed by atoms with van der Waals surface area (Å²) in [5.74, 6) is -7.27. The molecule has 0 bridgehead atoms. The minimum atomic E-state index is -4.95. The predicted molar refractivity (Wildman–Crippen MR) is 244 cm³/mol. The van der Waals surface area contributed by atoms with Crippen molar-refractivity contribution in [3.8, 4) is 0 Å². The van der Waals surface area contributed by atoms with Gasteiger partial charge in [0.1, 0.15) is 43.7 Å². The fourth-order valence-corrected chi connectivity index (χ4v) is 3.80. The molecule has 396 valence electrons. The highest BCUT2D eigenvalue weighted by Gasteiger charge is 2.39. The van der Waals surface area contributed by atoms with E-state index in [4.69, 9.17) is 39.5 Å². The molecule has 24 heteroatoms. The minimum absolute atomic E-state index is 0.0377. The quantitative estimate of drug-likeness (QED) is 0.0256. The molecule has 0 spiro atoms. The summed E-state index contributed by atoms with van der Waals surface area (Å²) in [6.07, 6.45) is 0.0993. The first-order valence-electron chi connectivity index (χ1n) is 21.5. The third-order valence-electron chi connectivity index (χ3n) is 6.79. The number of esters is 6. The number of carbonyl (C=O) groups is 12. The molecule has 0 radical (unpaired) electrons. The van der Waals surface area contributed by atoms with Crippen LogP contribution in [0.15, 0.2) is 0 Å². The number of ether oxygens (including phenoxy) is 6. The molecule has 18 nitrogen and oxygen atoms in total. The maximum Gasteiger partial charge on any atom is 0.450 e. The number of unbranched alkanes of at least 4 members (excludes halogenated alkanes) is 5. The van der Waals surface area contributed by atoms with Crippen molar-refractivity contribution in [2.45, 2.75) is 151 Å². The minimum Gasteiger partial charge on any atom is -0.466 e. The highest BCUT2D eigenvalue weighted by Crippen LogP contribution is 2.18. The molecule has 68 heavy (non-hydrogen) atoms. The van der Waals surface area contributed by atoms with Crippen molar-refractivity contribution in [1.82, 2.24) is 0 Å². The first-order chi connectivity index (χ1) is 31.6. The van der Waals surface area contributed by atoms with E-state index in [0.29, 0.717) is 26.4 Å². The SMILES string of the molecule is CCCCCCCCOC(=O)CC(=O)CCl.CCOC(=O)C(Cl)C(C)=O.CCOC(=O)CC(=O)C(C)C.CCOC(=O)CC(=O)C(F)(F)F.CCOC(=O)CC(=O)CCl.CCOC(=O)CC(C)=O. The molecule has 1 unspecified atom stereocenters. The molecule has 0 saturated heterocycles. The largest absolute Gasteiger partial charge is 0.466 e. The second-order valence-electron chi connectivity index (χ2n) is 13.4. The van der Waals surface area contributed by atoms with Gasteiger partial charge in [0, 0.05) is 5.92 Å². The van der Waals surface area contributed by atoms with Gasteiger partial charge in [0.05, 0.1) is 51.4 Å². The number of rotatable bonds is 27. The van der Waals surface area contributed by atoms with Gasteiger partial charge in [-0.2, -0.15) is 13.2 Å². The molecule has 0 amide bonds. The Bertz CT molecular complexity index is 1500. The normalized spacial score (nSPS) is 10.2. The summed E-state index contributed by atoms with van der Waals surface area (Å²) in [5, 5.41) is -1.14. The highest BCUT2D eigenvalue weighted by molar-refractivity contribution is 6.40. The first-order valence-corrected chi connectivity index (χ1v) is 23.0. The average molecular weight is 1050 g/mol. The van der Waals surface area contributed by atoms with Crippen LogP contribution in [0.25, 0.3) is 0 Å². The van der Waals surface area contributed by atoms with Crippen LogP contribution in [-0.4, -0.2) is 133 Å². The monoisotopic (exact) mass is 1050 g/mol. The van der Waals surface area contributed by atoms with Crippen molar-refractivity contribution in [3.05, 3.63) is 0 Å². The summed E-state index contributed by atoms with van der Waals surface area (Å²) < 4.78 is 61.6. The van der Waals surface area contributed by atoms with Gasteiger partial charge in [0.15, 0.2) is 22.7 Å². The summed E-state index contributed by atoms with van der Waals surface area (Å²) in [5.41, 5.74) is 0. The molecular formula is C44H70Cl3F3O18. The fourth-order valence-electron chi connectivity index (χ4n) is 3.55. The number of hydrogen-bond acceptors (Lipinski definition) is 18. The summed E-state index contributed by atoms with van der Waals surface area (Å²) in [4.78, 5) is 127. The van der Waals surface area contributed by atoms with Gasteiger partial charge in [-0.25, -0.2) is 4.79 Å². The lowest BCUT2D eigenvalue weighted by Crippen LogP contribution is -2.26. The Morgan fingerprint density at radius 1 is 0.485 bits per heavy atom. The molecular weight excluding hydrogens is 980 g/mol. The lowest BCUT2D eigenvalue weighted by molar-refractivity contribution is -0.174. The third kappa shape index (κ3) is 59.5. The van der Waals surface area contributed by atoms with Gasteiger partial charge in [-0.1, -0.05) is 52.9 Å². The maximum absolute atomic E-state index is 11.5. The van der Waals surface area contributed by atoms with Gasteiger partial charge < -0.3 is 28.4 Å². The van der Waals surface area contributed by atoms with Crippen LogP contribution in [0.1, 0.15) is 140 Å². The number of ketones is 6. The fraction of sp³-hybridized carbons (Fsp3) is 0.727. The second kappa shape index (κ2) is 50.4. The topological polar surface area (TPSA) is 260 Å². The number of alkyl halides is 6. The number of Topliss-reactive ketones (excluding diaryl/α,β-unsaturated/α-hetero) is 6. The molecule has 1 atom stereocenters. The summed E-state index contributed by atoms with van der Waals surface area (Å²) in [6, 6.07) is 0. The maximum atomic E-state index is 11.5. The van der Waals surface area contributed by atoms with Gasteiger partial charge in [0.2, 0.25) is 5.78 Å². The highest BCUT2D eigenvalue weighted by atomic mass is 35.5. The Morgan fingerprint density at radius 3 is 1.18 bits per heavy atom. The van der Waals surface area contributed by atoms with Gasteiger partial charge in [-0.05, 0) is 54.9 Å². The molecule has 0 aliphatic heterocycles. The van der Waals surface area contributed by atoms with Crippen LogP contribution in [0.3, 0.4) is 0 Å². The molecule has 0 aliphatic carbocycles. The van der Waals surface area contributed by atoms with Crippen LogP contribution in [-0.2, 0) is 86.0 Å². The summed E-state index contributed by atoms with van der Waals surface area (Å²) in [7, 11) is 0. The Hall–Kier alpha value is -4.50. The Morgan fingerprint density at radius 2 is 0.838 bits per heavy atom. The van der Waals surface area contributed by atoms with Crippen LogP contribution >= 0.6 is 34.8 Å².